The fourth-order valence-corrected chi connectivity index (χ4v) is 3.99. The Hall–Kier alpha value is -2.25. The SMILES string of the molecule is CC(C)n1ncc2c(C(=O)N3CCN(C)CC3)cc(-c3cccs3)nc21. The minimum absolute atomic E-state index is 0.0756. The van der Waals surface area contributed by atoms with Crippen molar-refractivity contribution in [3.8, 4) is 10.6 Å². The number of thiophene rings is 1. The highest BCUT2D eigenvalue weighted by Gasteiger charge is 2.25. The summed E-state index contributed by atoms with van der Waals surface area (Å²) in [7, 11) is 2.09. The Morgan fingerprint density at radius 3 is 2.65 bits per heavy atom. The molecule has 0 aliphatic carbocycles. The molecule has 4 rings (SSSR count). The van der Waals surface area contributed by atoms with Crippen molar-refractivity contribution in [3.63, 3.8) is 0 Å². The van der Waals surface area contributed by atoms with Crippen molar-refractivity contribution in [1.29, 1.82) is 0 Å². The lowest BCUT2D eigenvalue weighted by molar-refractivity contribution is 0.0666. The molecule has 1 amide bonds. The molecule has 0 unspecified atom stereocenters. The molecule has 1 aliphatic heterocycles. The first-order valence-electron chi connectivity index (χ1n) is 8.94. The Morgan fingerprint density at radius 1 is 1.23 bits per heavy atom. The van der Waals surface area contributed by atoms with Crippen molar-refractivity contribution in [1.82, 2.24) is 24.6 Å². The van der Waals surface area contributed by atoms with Gasteiger partial charge in [0.05, 0.1) is 27.7 Å². The summed E-state index contributed by atoms with van der Waals surface area (Å²) in [5.74, 6) is 0.0756. The Kier molecular flexibility index (Phi) is 4.50. The lowest BCUT2D eigenvalue weighted by Gasteiger charge is -2.32. The lowest BCUT2D eigenvalue weighted by Crippen LogP contribution is -2.47. The predicted octanol–water partition coefficient (Wildman–Crippen LogP) is 3.13. The van der Waals surface area contributed by atoms with Gasteiger partial charge in [0.1, 0.15) is 0 Å². The van der Waals surface area contributed by atoms with E-state index in [9.17, 15) is 4.79 Å². The molecule has 3 aromatic rings. The number of carbonyl (C=O) groups excluding carboxylic acids is 1. The summed E-state index contributed by atoms with van der Waals surface area (Å²) in [6.45, 7) is 7.48. The van der Waals surface area contributed by atoms with Crippen molar-refractivity contribution in [2.24, 2.45) is 0 Å². The third-order valence-corrected chi connectivity index (χ3v) is 5.74. The zero-order valence-electron chi connectivity index (χ0n) is 15.3. The van der Waals surface area contributed by atoms with Gasteiger partial charge in [-0.3, -0.25) is 4.79 Å². The molecule has 0 atom stereocenters. The Bertz CT molecular complexity index is 923. The van der Waals surface area contributed by atoms with Crippen LogP contribution in [0.3, 0.4) is 0 Å². The van der Waals surface area contributed by atoms with Crippen molar-refractivity contribution in [3.05, 3.63) is 35.3 Å². The number of carbonyl (C=O) groups is 1. The standard InChI is InChI=1S/C19H23N5OS/c1-13(2)24-18-15(12-20-24)14(11-16(21-18)17-5-4-10-26-17)19(25)23-8-6-22(3)7-9-23/h4-5,10-13H,6-9H2,1-3H3. The summed E-state index contributed by atoms with van der Waals surface area (Å²) >= 11 is 1.63. The quantitative estimate of drug-likeness (QED) is 0.712. The van der Waals surface area contributed by atoms with Crippen LogP contribution in [0, 0.1) is 0 Å². The molecule has 0 N–H and O–H groups in total. The van der Waals surface area contributed by atoms with E-state index >= 15 is 0 Å². The van der Waals surface area contributed by atoms with Crippen molar-refractivity contribution < 1.29 is 4.79 Å². The number of nitrogens with zero attached hydrogens (tertiary/aromatic N) is 5. The first kappa shape index (κ1) is 17.2. The van der Waals surface area contributed by atoms with E-state index in [1.165, 1.54) is 0 Å². The first-order valence-corrected chi connectivity index (χ1v) is 9.82. The molecule has 0 bridgehead atoms. The van der Waals surface area contributed by atoms with Gasteiger partial charge in [0.2, 0.25) is 0 Å². The Balaban J connectivity index is 1.83. The number of likely N-dealkylation sites (N-methyl/N-ethyl adjacent to an activating group) is 1. The summed E-state index contributed by atoms with van der Waals surface area (Å²) in [6.07, 6.45) is 1.78. The highest BCUT2D eigenvalue weighted by Crippen LogP contribution is 2.29. The van der Waals surface area contributed by atoms with Crippen molar-refractivity contribution in [2.75, 3.05) is 33.2 Å². The van der Waals surface area contributed by atoms with E-state index in [2.05, 4.69) is 30.9 Å². The maximum absolute atomic E-state index is 13.3. The monoisotopic (exact) mass is 369 g/mol. The van der Waals surface area contributed by atoms with Crippen LogP contribution in [0.15, 0.2) is 29.8 Å². The number of piperazine rings is 1. The predicted molar refractivity (Wildman–Crippen MR) is 105 cm³/mol. The van der Waals surface area contributed by atoms with E-state index in [1.54, 1.807) is 17.5 Å². The number of aromatic nitrogens is 3. The number of fused-ring (bicyclic) bond motifs is 1. The van der Waals surface area contributed by atoms with Gasteiger partial charge in [-0.05, 0) is 38.4 Å². The van der Waals surface area contributed by atoms with E-state index in [-0.39, 0.29) is 11.9 Å². The molecule has 1 saturated heterocycles. The van der Waals surface area contributed by atoms with Crippen LogP contribution < -0.4 is 0 Å². The van der Waals surface area contributed by atoms with Gasteiger partial charge >= 0.3 is 0 Å². The number of pyridine rings is 1. The minimum atomic E-state index is 0.0756. The molecule has 0 saturated carbocycles. The third-order valence-electron chi connectivity index (χ3n) is 4.85. The maximum Gasteiger partial charge on any atom is 0.254 e. The van der Waals surface area contributed by atoms with E-state index in [0.29, 0.717) is 5.56 Å². The highest BCUT2D eigenvalue weighted by molar-refractivity contribution is 7.13. The summed E-state index contributed by atoms with van der Waals surface area (Å²) in [4.78, 5) is 23.4. The molecule has 1 fully saturated rings. The van der Waals surface area contributed by atoms with Crippen LogP contribution in [0.25, 0.3) is 21.6 Å². The zero-order valence-corrected chi connectivity index (χ0v) is 16.2. The van der Waals surface area contributed by atoms with Gasteiger partial charge in [-0.1, -0.05) is 6.07 Å². The summed E-state index contributed by atoms with van der Waals surface area (Å²) < 4.78 is 1.90. The normalized spacial score (nSPS) is 15.9. The second-order valence-corrected chi connectivity index (χ2v) is 8.00. The van der Waals surface area contributed by atoms with Crippen LogP contribution in [-0.4, -0.2) is 63.7 Å². The number of rotatable bonds is 3. The van der Waals surface area contributed by atoms with E-state index in [0.717, 1.165) is 47.8 Å². The van der Waals surface area contributed by atoms with Gasteiger partial charge in [-0.25, -0.2) is 9.67 Å². The molecule has 6 nitrogen and oxygen atoms in total. The smallest absolute Gasteiger partial charge is 0.254 e. The fraction of sp³-hybridized carbons (Fsp3) is 0.421. The van der Waals surface area contributed by atoms with E-state index in [1.807, 2.05) is 33.2 Å². The Labute approximate surface area is 157 Å². The molecule has 3 aromatic heterocycles. The minimum Gasteiger partial charge on any atom is -0.336 e. The van der Waals surface area contributed by atoms with Crippen molar-refractivity contribution in [2.45, 2.75) is 19.9 Å². The molecule has 0 radical (unpaired) electrons. The molecule has 1 aliphatic rings. The van der Waals surface area contributed by atoms with Gasteiger partial charge in [-0.15, -0.1) is 11.3 Å². The molecular formula is C19H23N5OS. The summed E-state index contributed by atoms with van der Waals surface area (Å²) in [5.41, 5.74) is 2.32. The molecule has 4 heterocycles. The maximum atomic E-state index is 13.3. The Morgan fingerprint density at radius 2 is 2.00 bits per heavy atom. The first-order chi connectivity index (χ1) is 12.5. The lowest BCUT2D eigenvalue weighted by atomic mass is 10.1. The van der Waals surface area contributed by atoms with Gasteiger partial charge < -0.3 is 9.80 Å². The number of amides is 1. The van der Waals surface area contributed by atoms with Crippen LogP contribution in [0.2, 0.25) is 0 Å². The molecule has 0 spiro atoms. The largest absolute Gasteiger partial charge is 0.336 e. The van der Waals surface area contributed by atoms with Crippen LogP contribution in [-0.2, 0) is 0 Å². The highest BCUT2D eigenvalue weighted by atomic mass is 32.1. The number of hydrogen-bond donors (Lipinski definition) is 0. The van der Waals surface area contributed by atoms with Crippen LogP contribution in [0.4, 0.5) is 0 Å². The second-order valence-electron chi connectivity index (χ2n) is 7.05. The third kappa shape index (κ3) is 3.01. The zero-order chi connectivity index (χ0) is 18.3. The molecule has 26 heavy (non-hydrogen) atoms. The summed E-state index contributed by atoms with van der Waals surface area (Å²) in [5, 5.41) is 7.36. The van der Waals surface area contributed by atoms with Crippen LogP contribution in [0.5, 0.6) is 0 Å². The molecular weight excluding hydrogens is 346 g/mol. The van der Waals surface area contributed by atoms with Gasteiger partial charge in [0.25, 0.3) is 5.91 Å². The molecule has 7 heteroatoms. The van der Waals surface area contributed by atoms with E-state index in [4.69, 9.17) is 4.98 Å². The van der Waals surface area contributed by atoms with Gasteiger partial charge in [0.15, 0.2) is 5.65 Å². The van der Waals surface area contributed by atoms with Gasteiger partial charge in [0, 0.05) is 32.2 Å². The van der Waals surface area contributed by atoms with Crippen LogP contribution >= 0.6 is 11.3 Å². The number of hydrogen-bond acceptors (Lipinski definition) is 5. The average Bonchev–Trinajstić information content (AvgIpc) is 3.30. The average molecular weight is 369 g/mol. The molecule has 0 aromatic carbocycles. The van der Waals surface area contributed by atoms with Crippen LogP contribution in [0.1, 0.15) is 30.2 Å². The van der Waals surface area contributed by atoms with E-state index < -0.39 is 0 Å². The van der Waals surface area contributed by atoms with Gasteiger partial charge in [-0.2, -0.15) is 5.10 Å². The fourth-order valence-electron chi connectivity index (χ4n) is 3.30. The topological polar surface area (TPSA) is 54.3 Å². The summed E-state index contributed by atoms with van der Waals surface area (Å²) in [6, 6.07) is 6.17. The van der Waals surface area contributed by atoms with Crippen molar-refractivity contribution >= 4 is 28.3 Å². The second kappa shape index (κ2) is 6.81. The molecule has 136 valence electrons.